The second-order valence-electron chi connectivity index (χ2n) is 5.49. The molecule has 1 aliphatic rings. The zero-order chi connectivity index (χ0) is 14.8. The van der Waals surface area contributed by atoms with Gasteiger partial charge < -0.3 is 9.05 Å². The van der Waals surface area contributed by atoms with Gasteiger partial charge in [0.1, 0.15) is 16.8 Å². The van der Waals surface area contributed by atoms with E-state index in [2.05, 4.69) is 6.58 Å². The van der Waals surface area contributed by atoms with Crippen LogP contribution in [0.3, 0.4) is 0 Å². The molecule has 0 unspecified atom stereocenters. The van der Waals surface area contributed by atoms with Crippen LogP contribution in [0.25, 0.3) is 0 Å². The Balaban J connectivity index is 3.16. The molecule has 0 aromatic carbocycles. The number of hydrogen-bond donors (Lipinski definition) is 0. The lowest BCUT2D eigenvalue weighted by atomic mass is 10.2. The smallest absolute Gasteiger partial charge is 0.311 e. The van der Waals surface area contributed by atoms with Crippen LogP contribution < -0.4 is 0 Å². The molecule has 0 spiro atoms. The van der Waals surface area contributed by atoms with Crippen molar-refractivity contribution in [1.82, 2.24) is 4.31 Å². The molecule has 0 radical (unpaired) electrons. The second kappa shape index (κ2) is 6.19. The van der Waals surface area contributed by atoms with Crippen molar-refractivity contribution in [3.8, 4) is 0 Å². The molecular formula is C12H24NO4PS. The van der Waals surface area contributed by atoms with Gasteiger partial charge in [-0.15, -0.1) is 6.58 Å². The maximum Gasteiger partial charge on any atom is 0.348 e. The van der Waals surface area contributed by atoms with E-state index >= 15 is 0 Å². The highest BCUT2D eigenvalue weighted by Gasteiger charge is 2.49. The maximum atomic E-state index is 12.7. The third-order valence-electron chi connectivity index (χ3n) is 3.20. The zero-order valence-corrected chi connectivity index (χ0v) is 14.0. The minimum Gasteiger partial charge on any atom is -0.311 e. The van der Waals surface area contributed by atoms with Crippen molar-refractivity contribution < 1.29 is 17.8 Å². The van der Waals surface area contributed by atoms with Crippen molar-refractivity contribution >= 4 is 18.6 Å². The van der Waals surface area contributed by atoms with Crippen LogP contribution in [-0.4, -0.2) is 39.3 Å². The SMILES string of the molecule is C=C[C@@H]1CC[C@H](P(=O)(OC)OC)N1[S@](=O)C(C)(C)C. The van der Waals surface area contributed by atoms with E-state index in [9.17, 15) is 8.77 Å². The van der Waals surface area contributed by atoms with Crippen molar-refractivity contribution in [3.05, 3.63) is 12.7 Å². The van der Waals surface area contributed by atoms with Gasteiger partial charge in [-0.1, -0.05) is 6.08 Å². The van der Waals surface area contributed by atoms with Crippen LogP contribution >= 0.6 is 7.60 Å². The molecule has 0 aliphatic carbocycles. The molecule has 1 aliphatic heterocycles. The summed E-state index contributed by atoms with van der Waals surface area (Å²) in [5, 5.41) is 0. The molecule has 19 heavy (non-hydrogen) atoms. The summed E-state index contributed by atoms with van der Waals surface area (Å²) in [7, 11) is -1.84. The molecule has 0 aromatic rings. The van der Waals surface area contributed by atoms with Gasteiger partial charge in [-0.2, -0.15) is 0 Å². The first kappa shape index (κ1) is 17.1. The van der Waals surface area contributed by atoms with Crippen molar-refractivity contribution in [3.63, 3.8) is 0 Å². The van der Waals surface area contributed by atoms with Gasteiger partial charge in [-0.25, -0.2) is 8.51 Å². The van der Waals surface area contributed by atoms with Crippen LogP contribution in [0.1, 0.15) is 33.6 Å². The summed E-state index contributed by atoms with van der Waals surface area (Å²) < 4.78 is 36.7. The van der Waals surface area contributed by atoms with Gasteiger partial charge >= 0.3 is 7.60 Å². The van der Waals surface area contributed by atoms with Crippen LogP contribution in [0.4, 0.5) is 0 Å². The van der Waals surface area contributed by atoms with E-state index in [1.807, 2.05) is 20.8 Å². The average Bonchev–Trinajstić information content (AvgIpc) is 2.79. The van der Waals surface area contributed by atoms with Gasteiger partial charge in [-0.05, 0) is 33.6 Å². The van der Waals surface area contributed by atoms with E-state index in [4.69, 9.17) is 9.05 Å². The lowest BCUT2D eigenvalue weighted by Gasteiger charge is -2.34. The summed E-state index contributed by atoms with van der Waals surface area (Å²) in [6, 6.07) is -0.0660. The molecule has 1 rings (SSSR count). The van der Waals surface area contributed by atoms with Crippen molar-refractivity contribution in [2.75, 3.05) is 14.2 Å². The largest absolute Gasteiger partial charge is 0.348 e. The predicted molar refractivity (Wildman–Crippen MR) is 78.4 cm³/mol. The molecule has 1 saturated heterocycles. The van der Waals surface area contributed by atoms with Crippen LogP contribution in [-0.2, 0) is 24.6 Å². The Hall–Kier alpha value is -0.0000000000000000833. The normalized spacial score (nSPS) is 27.4. The van der Waals surface area contributed by atoms with Gasteiger partial charge in [0, 0.05) is 20.3 Å². The van der Waals surface area contributed by atoms with E-state index in [0.29, 0.717) is 6.42 Å². The lowest BCUT2D eigenvalue weighted by molar-refractivity contribution is 0.246. The lowest BCUT2D eigenvalue weighted by Crippen LogP contribution is -2.44. The summed E-state index contributed by atoms with van der Waals surface area (Å²) in [6.45, 7) is 9.45. The van der Waals surface area contributed by atoms with Gasteiger partial charge in [0.2, 0.25) is 0 Å². The third-order valence-corrected chi connectivity index (χ3v) is 7.57. The minimum atomic E-state index is -3.27. The van der Waals surface area contributed by atoms with E-state index < -0.39 is 29.1 Å². The predicted octanol–water partition coefficient (Wildman–Crippen LogP) is 2.91. The zero-order valence-electron chi connectivity index (χ0n) is 12.3. The molecule has 1 fully saturated rings. The van der Waals surface area contributed by atoms with Gasteiger partial charge in [0.15, 0.2) is 0 Å². The van der Waals surface area contributed by atoms with Gasteiger partial charge in [0.25, 0.3) is 0 Å². The Morgan fingerprint density at radius 1 is 1.32 bits per heavy atom. The highest BCUT2D eigenvalue weighted by Crippen LogP contribution is 2.58. The first-order valence-electron chi connectivity index (χ1n) is 6.25. The van der Waals surface area contributed by atoms with Crippen LogP contribution in [0.5, 0.6) is 0 Å². The van der Waals surface area contributed by atoms with Crippen LogP contribution in [0.2, 0.25) is 0 Å². The van der Waals surface area contributed by atoms with E-state index in [1.165, 1.54) is 14.2 Å². The summed E-state index contributed by atoms with van der Waals surface area (Å²) in [6.07, 6.45) is 3.13. The molecule has 5 nitrogen and oxygen atoms in total. The standard InChI is InChI=1S/C12H24NO4PS/c1-7-10-8-9-11(18(14,16-5)17-6)13(10)19(15)12(2,3)4/h7,10-11H,1,8-9H2,2-6H3/t10-,11+,19-/m1/s1. The van der Waals surface area contributed by atoms with Gasteiger partial charge in [-0.3, -0.25) is 4.57 Å². The maximum absolute atomic E-state index is 12.7. The molecule has 0 amide bonds. The first-order chi connectivity index (χ1) is 8.71. The molecule has 112 valence electrons. The van der Waals surface area contributed by atoms with Crippen LogP contribution in [0.15, 0.2) is 12.7 Å². The first-order valence-corrected chi connectivity index (χ1v) is 8.97. The number of hydrogen-bond acceptors (Lipinski definition) is 4. The Morgan fingerprint density at radius 3 is 2.21 bits per heavy atom. The van der Waals surface area contributed by atoms with Crippen molar-refractivity contribution in [2.24, 2.45) is 0 Å². The second-order valence-corrected chi connectivity index (χ2v) is 10.0. The molecular weight excluding hydrogens is 285 g/mol. The Morgan fingerprint density at radius 2 is 1.84 bits per heavy atom. The van der Waals surface area contributed by atoms with Crippen molar-refractivity contribution in [2.45, 2.75) is 50.2 Å². The minimum absolute atomic E-state index is 0.0660. The molecule has 3 atom stereocenters. The number of rotatable bonds is 5. The molecule has 1 heterocycles. The summed E-state index contributed by atoms with van der Waals surface area (Å²) in [5.74, 6) is -0.481. The highest BCUT2D eigenvalue weighted by atomic mass is 32.2. The summed E-state index contributed by atoms with van der Waals surface area (Å²) in [5.41, 5.74) is 0. The Bertz CT molecular complexity index is 399. The molecule has 7 heteroatoms. The molecule has 0 aromatic heterocycles. The van der Waals surface area contributed by atoms with E-state index in [0.717, 1.165) is 6.42 Å². The highest BCUT2D eigenvalue weighted by molar-refractivity contribution is 7.84. The summed E-state index contributed by atoms with van der Waals surface area (Å²) in [4.78, 5) is 0. The molecule has 0 saturated carbocycles. The quantitative estimate of drug-likeness (QED) is 0.579. The fraction of sp³-hybridized carbons (Fsp3) is 0.833. The number of nitrogens with zero attached hydrogens (tertiary/aromatic N) is 1. The molecule has 0 bridgehead atoms. The van der Waals surface area contributed by atoms with E-state index in [-0.39, 0.29) is 6.04 Å². The summed E-state index contributed by atoms with van der Waals surface area (Å²) >= 11 is 0. The van der Waals surface area contributed by atoms with E-state index in [1.54, 1.807) is 10.4 Å². The monoisotopic (exact) mass is 309 g/mol. The van der Waals surface area contributed by atoms with Crippen LogP contribution in [0, 0.1) is 0 Å². The Labute approximate surface area is 118 Å². The fourth-order valence-electron chi connectivity index (χ4n) is 2.18. The average molecular weight is 309 g/mol. The van der Waals surface area contributed by atoms with Gasteiger partial charge in [0.05, 0.1) is 4.75 Å². The van der Waals surface area contributed by atoms with Crippen molar-refractivity contribution in [1.29, 1.82) is 0 Å². The molecule has 0 N–H and O–H groups in total. The Kier molecular flexibility index (Phi) is 5.55. The fourth-order valence-corrected chi connectivity index (χ4v) is 5.73. The topological polar surface area (TPSA) is 55.8 Å². The third kappa shape index (κ3) is 3.37.